The number of hydrogen-bond acceptors (Lipinski definition) is 3. The second-order valence-electron chi connectivity index (χ2n) is 7.48. The van der Waals surface area contributed by atoms with Crippen molar-refractivity contribution in [3.8, 4) is 0 Å². The topological polar surface area (TPSA) is 35.5 Å². The minimum Gasteiger partial charge on any atom is -0.462 e. The average Bonchev–Trinajstić information content (AvgIpc) is 2.66. The Morgan fingerprint density at radius 2 is 1.26 bits per heavy atom. The first-order valence-corrected chi connectivity index (χ1v) is 11.1. The molecule has 0 saturated carbocycles. The number of rotatable bonds is 21. The Morgan fingerprint density at radius 3 is 1.74 bits per heavy atom. The highest BCUT2D eigenvalue weighted by molar-refractivity contribution is 5.69. The summed E-state index contributed by atoms with van der Waals surface area (Å²) in [6, 6.07) is 0. The van der Waals surface area contributed by atoms with E-state index in [1.54, 1.807) is 7.11 Å². The molecule has 0 saturated heterocycles. The van der Waals surface area contributed by atoms with E-state index in [0.29, 0.717) is 13.0 Å². The molecule has 0 atom stereocenters. The highest BCUT2D eigenvalue weighted by Crippen LogP contribution is 2.17. The van der Waals surface area contributed by atoms with Gasteiger partial charge in [0.05, 0.1) is 0 Å². The molecule has 27 heavy (non-hydrogen) atoms. The maximum atomic E-state index is 12.0. The summed E-state index contributed by atoms with van der Waals surface area (Å²) in [4.78, 5) is 12.0. The van der Waals surface area contributed by atoms with Gasteiger partial charge in [0.1, 0.15) is 6.10 Å². The van der Waals surface area contributed by atoms with Crippen molar-refractivity contribution in [2.24, 2.45) is 0 Å². The quantitative estimate of drug-likeness (QED) is 0.120. The Kier molecular flexibility index (Phi) is 20.4. The minimum atomic E-state index is -0.0611. The Bertz CT molecular complexity index is 330. The van der Waals surface area contributed by atoms with Crippen molar-refractivity contribution < 1.29 is 14.3 Å². The van der Waals surface area contributed by atoms with Crippen LogP contribution in [-0.4, -0.2) is 25.8 Å². The van der Waals surface area contributed by atoms with Gasteiger partial charge >= 0.3 is 5.97 Å². The SMILES string of the molecule is C=CCCCCCCCC(CCCCCCCC=C)OC(=O)CCCOC. The zero-order chi connectivity index (χ0) is 20.0. The average molecular weight is 381 g/mol. The third-order valence-electron chi connectivity index (χ3n) is 4.90. The molecule has 0 rings (SSSR count). The number of methoxy groups -OCH3 is 1. The van der Waals surface area contributed by atoms with Gasteiger partial charge < -0.3 is 9.47 Å². The molecule has 158 valence electrons. The number of allylic oxidation sites excluding steroid dienone is 2. The molecule has 0 aliphatic rings. The van der Waals surface area contributed by atoms with Gasteiger partial charge in [0, 0.05) is 20.1 Å². The highest BCUT2D eigenvalue weighted by Gasteiger charge is 2.14. The van der Waals surface area contributed by atoms with Crippen LogP contribution in [0.5, 0.6) is 0 Å². The lowest BCUT2D eigenvalue weighted by molar-refractivity contribution is -0.150. The highest BCUT2D eigenvalue weighted by atomic mass is 16.5. The van der Waals surface area contributed by atoms with Crippen LogP contribution in [-0.2, 0) is 14.3 Å². The molecule has 0 aromatic carbocycles. The van der Waals surface area contributed by atoms with Crippen LogP contribution in [0.1, 0.15) is 103 Å². The van der Waals surface area contributed by atoms with Gasteiger partial charge in [-0.25, -0.2) is 0 Å². The van der Waals surface area contributed by atoms with Crippen LogP contribution in [0.15, 0.2) is 25.3 Å². The van der Waals surface area contributed by atoms with Gasteiger partial charge in [-0.05, 0) is 57.8 Å². The molecule has 0 fully saturated rings. The first-order chi connectivity index (χ1) is 13.2. The van der Waals surface area contributed by atoms with E-state index in [4.69, 9.17) is 9.47 Å². The summed E-state index contributed by atoms with van der Waals surface area (Å²) in [5.74, 6) is -0.0611. The lowest BCUT2D eigenvalue weighted by Crippen LogP contribution is -2.18. The fourth-order valence-corrected chi connectivity index (χ4v) is 3.25. The molecule has 0 spiro atoms. The molecule has 0 unspecified atom stereocenters. The number of carbonyl (C=O) groups is 1. The number of unbranched alkanes of at least 4 members (excludes halogenated alkanes) is 10. The Hall–Kier alpha value is -1.09. The maximum absolute atomic E-state index is 12.0. The van der Waals surface area contributed by atoms with Crippen LogP contribution in [0.25, 0.3) is 0 Å². The Labute approximate surface area is 168 Å². The minimum absolute atomic E-state index is 0.0611. The summed E-state index contributed by atoms with van der Waals surface area (Å²) in [6.07, 6.45) is 21.9. The second kappa shape index (κ2) is 21.2. The third kappa shape index (κ3) is 19.5. The largest absolute Gasteiger partial charge is 0.462 e. The normalized spacial score (nSPS) is 10.9. The van der Waals surface area contributed by atoms with Crippen LogP contribution in [0.2, 0.25) is 0 Å². The van der Waals surface area contributed by atoms with Crippen molar-refractivity contribution in [1.82, 2.24) is 0 Å². The Balaban J connectivity index is 3.99. The molecule has 0 radical (unpaired) electrons. The number of esters is 1. The molecule has 0 heterocycles. The number of carbonyl (C=O) groups excluding carboxylic acids is 1. The van der Waals surface area contributed by atoms with Gasteiger partial charge in [-0.1, -0.05) is 50.7 Å². The van der Waals surface area contributed by atoms with E-state index in [-0.39, 0.29) is 12.1 Å². The summed E-state index contributed by atoms with van der Waals surface area (Å²) in [6.45, 7) is 8.16. The van der Waals surface area contributed by atoms with E-state index in [2.05, 4.69) is 13.2 Å². The van der Waals surface area contributed by atoms with Crippen molar-refractivity contribution in [3.05, 3.63) is 25.3 Å². The van der Waals surface area contributed by atoms with Crippen molar-refractivity contribution in [2.75, 3.05) is 13.7 Å². The van der Waals surface area contributed by atoms with Crippen molar-refractivity contribution >= 4 is 5.97 Å². The van der Waals surface area contributed by atoms with Crippen LogP contribution >= 0.6 is 0 Å². The second-order valence-corrected chi connectivity index (χ2v) is 7.48. The summed E-state index contributed by atoms with van der Waals surface area (Å²) in [7, 11) is 1.66. The van der Waals surface area contributed by atoms with Gasteiger partial charge in [0.15, 0.2) is 0 Å². The molecule has 0 aliphatic heterocycles. The van der Waals surface area contributed by atoms with Gasteiger partial charge in [-0.15, -0.1) is 13.2 Å². The summed E-state index contributed by atoms with van der Waals surface area (Å²) in [5, 5.41) is 0. The van der Waals surface area contributed by atoms with Crippen LogP contribution < -0.4 is 0 Å². The monoisotopic (exact) mass is 380 g/mol. The third-order valence-corrected chi connectivity index (χ3v) is 4.90. The van der Waals surface area contributed by atoms with E-state index < -0.39 is 0 Å². The Morgan fingerprint density at radius 1 is 0.778 bits per heavy atom. The van der Waals surface area contributed by atoms with Crippen molar-refractivity contribution in [2.45, 2.75) is 109 Å². The first kappa shape index (κ1) is 25.9. The first-order valence-electron chi connectivity index (χ1n) is 11.1. The van der Waals surface area contributed by atoms with Crippen molar-refractivity contribution in [3.63, 3.8) is 0 Å². The lowest BCUT2D eigenvalue weighted by atomic mass is 10.0. The van der Waals surface area contributed by atoms with Gasteiger partial charge in [-0.3, -0.25) is 4.79 Å². The molecule has 0 amide bonds. The van der Waals surface area contributed by atoms with Gasteiger partial charge in [0.2, 0.25) is 0 Å². The van der Waals surface area contributed by atoms with E-state index in [1.165, 1.54) is 51.4 Å². The molecule has 0 aromatic heterocycles. The van der Waals surface area contributed by atoms with Crippen molar-refractivity contribution in [1.29, 1.82) is 0 Å². The molecular weight excluding hydrogens is 336 g/mol. The number of hydrogen-bond donors (Lipinski definition) is 0. The summed E-state index contributed by atoms with van der Waals surface area (Å²) >= 11 is 0. The van der Waals surface area contributed by atoms with E-state index in [9.17, 15) is 4.79 Å². The zero-order valence-corrected chi connectivity index (χ0v) is 17.9. The molecule has 0 N–H and O–H groups in total. The molecule has 0 bridgehead atoms. The maximum Gasteiger partial charge on any atom is 0.306 e. The molecule has 0 aliphatic carbocycles. The fraction of sp³-hybridized carbons (Fsp3) is 0.792. The zero-order valence-electron chi connectivity index (χ0n) is 17.9. The van der Waals surface area contributed by atoms with E-state index >= 15 is 0 Å². The molecule has 3 nitrogen and oxygen atoms in total. The summed E-state index contributed by atoms with van der Waals surface area (Å²) in [5.41, 5.74) is 0. The number of ether oxygens (including phenoxy) is 2. The van der Waals surface area contributed by atoms with E-state index in [0.717, 1.165) is 44.9 Å². The van der Waals surface area contributed by atoms with Gasteiger partial charge in [0.25, 0.3) is 0 Å². The lowest BCUT2D eigenvalue weighted by Gasteiger charge is -2.18. The van der Waals surface area contributed by atoms with Gasteiger partial charge in [-0.2, -0.15) is 0 Å². The fourth-order valence-electron chi connectivity index (χ4n) is 3.25. The van der Waals surface area contributed by atoms with Crippen LogP contribution in [0, 0.1) is 0 Å². The molecule has 3 heteroatoms. The van der Waals surface area contributed by atoms with Crippen LogP contribution in [0.3, 0.4) is 0 Å². The standard InChI is InChI=1S/C24H44O3/c1-4-6-8-10-12-14-16-19-23(27-24(25)21-18-22-26-3)20-17-15-13-11-9-7-5-2/h4-5,23H,1-2,6-22H2,3H3. The predicted molar refractivity (Wildman–Crippen MR) is 116 cm³/mol. The predicted octanol–water partition coefficient (Wildman–Crippen LogP) is 7.16. The smallest absolute Gasteiger partial charge is 0.306 e. The molecular formula is C24H44O3. The molecule has 0 aromatic rings. The summed E-state index contributed by atoms with van der Waals surface area (Å²) < 4.78 is 10.8. The van der Waals surface area contributed by atoms with Crippen LogP contribution in [0.4, 0.5) is 0 Å². The van der Waals surface area contributed by atoms with E-state index in [1.807, 2.05) is 12.2 Å².